The van der Waals surface area contributed by atoms with Gasteiger partial charge in [-0.15, -0.1) is 0 Å². The second kappa shape index (κ2) is 8.52. The number of nitrogens with one attached hydrogen (secondary N) is 1. The van der Waals surface area contributed by atoms with Crippen LogP contribution in [0.5, 0.6) is 0 Å². The molecule has 0 radical (unpaired) electrons. The van der Waals surface area contributed by atoms with Crippen LogP contribution in [-0.4, -0.2) is 26.8 Å². The molecular formula is C22H23N5O2. The molecule has 4 rings (SSSR count). The number of carboxylic acid groups (broad SMARTS) is 1. The minimum atomic E-state index is -0.833. The van der Waals surface area contributed by atoms with Crippen molar-refractivity contribution in [1.29, 1.82) is 0 Å². The molecule has 0 saturated carbocycles. The van der Waals surface area contributed by atoms with Crippen molar-refractivity contribution in [2.45, 2.75) is 27.3 Å². The Morgan fingerprint density at radius 3 is 2.55 bits per heavy atom. The number of carboxylic acids is 1. The Morgan fingerprint density at radius 1 is 1.10 bits per heavy atom. The highest BCUT2D eigenvalue weighted by Crippen LogP contribution is 2.28. The average Bonchev–Trinajstić information content (AvgIpc) is 3.07. The van der Waals surface area contributed by atoms with Gasteiger partial charge in [-0.1, -0.05) is 18.2 Å². The van der Waals surface area contributed by atoms with Crippen LogP contribution in [0.3, 0.4) is 0 Å². The van der Waals surface area contributed by atoms with Gasteiger partial charge in [0.2, 0.25) is 5.95 Å². The van der Waals surface area contributed by atoms with Crippen LogP contribution in [0.2, 0.25) is 0 Å². The zero-order chi connectivity index (χ0) is 21.0. The number of nitrogen functional groups attached to an aromatic ring is 1. The highest BCUT2D eigenvalue weighted by atomic mass is 16.4. The number of aromatic nitrogens is 2. The van der Waals surface area contributed by atoms with Gasteiger partial charge < -0.3 is 16.2 Å². The molecule has 29 heavy (non-hydrogen) atoms. The molecule has 1 aliphatic heterocycles. The molecule has 0 spiro atoms. The van der Waals surface area contributed by atoms with E-state index < -0.39 is 5.97 Å². The number of aliphatic imine (C=N–C) groups is 1. The van der Waals surface area contributed by atoms with Crippen LogP contribution in [0.15, 0.2) is 53.7 Å². The fourth-order valence-electron chi connectivity index (χ4n) is 2.99. The van der Waals surface area contributed by atoms with Gasteiger partial charge in [-0.25, -0.2) is 4.98 Å². The van der Waals surface area contributed by atoms with Gasteiger partial charge in [0.05, 0.1) is 12.3 Å². The van der Waals surface area contributed by atoms with Crippen LogP contribution < -0.4 is 11.1 Å². The highest BCUT2D eigenvalue weighted by Gasteiger charge is 2.18. The summed E-state index contributed by atoms with van der Waals surface area (Å²) in [6.07, 6.45) is 1.64. The van der Waals surface area contributed by atoms with E-state index in [-0.39, 0.29) is 5.95 Å². The summed E-state index contributed by atoms with van der Waals surface area (Å²) in [5, 5.41) is 10.7. The summed E-state index contributed by atoms with van der Waals surface area (Å²) in [4.78, 5) is 21.8. The number of benzene rings is 2. The van der Waals surface area contributed by atoms with Gasteiger partial charge in [-0.2, -0.15) is 4.98 Å². The van der Waals surface area contributed by atoms with E-state index in [4.69, 9.17) is 20.6 Å². The van der Waals surface area contributed by atoms with Gasteiger partial charge in [0.1, 0.15) is 5.82 Å². The van der Waals surface area contributed by atoms with E-state index in [0.29, 0.717) is 5.82 Å². The Morgan fingerprint density at radius 2 is 1.86 bits per heavy atom. The van der Waals surface area contributed by atoms with Crippen molar-refractivity contribution in [1.82, 2.24) is 9.97 Å². The topological polar surface area (TPSA) is 113 Å². The van der Waals surface area contributed by atoms with E-state index in [1.807, 2.05) is 6.07 Å². The van der Waals surface area contributed by atoms with Crippen molar-refractivity contribution in [3.8, 4) is 0 Å². The van der Waals surface area contributed by atoms with Crippen LogP contribution in [-0.2, 0) is 11.3 Å². The molecule has 7 nitrogen and oxygen atoms in total. The number of aryl methyl sites for hydroxylation is 2. The first kappa shape index (κ1) is 20.0. The lowest BCUT2D eigenvalue weighted by Crippen LogP contribution is -2.04. The van der Waals surface area contributed by atoms with E-state index in [0.717, 1.165) is 36.0 Å². The summed E-state index contributed by atoms with van der Waals surface area (Å²) in [5.74, 6) is 0.0960. The van der Waals surface area contributed by atoms with Crippen molar-refractivity contribution in [2.75, 3.05) is 11.1 Å². The zero-order valence-corrected chi connectivity index (χ0v) is 16.6. The summed E-state index contributed by atoms with van der Waals surface area (Å²) >= 11 is 0. The van der Waals surface area contributed by atoms with Crippen LogP contribution in [0.1, 0.15) is 34.7 Å². The molecule has 0 fully saturated rings. The third kappa shape index (κ3) is 4.95. The molecule has 1 aromatic heterocycles. The van der Waals surface area contributed by atoms with Gasteiger partial charge in [0, 0.05) is 29.9 Å². The Hall–Kier alpha value is -3.74. The van der Waals surface area contributed by atoms with E-state index in [1.54, 1.807) is 12.3 Å². The highest BCUT2D eigenvalue weighted by molar-refractivity contribution is 6.15. The largest absolute Gasteiger partial charge is 0.481 e. The predicted molar refractivity (Wildman–Crippen MR) is 115 cm³/mol. The molecule has 0 amide bonds. The van der Waals surface area contributed by atoms with Crippen molar-refractivity contribution in [3.05, 3.63) is 76.5 Å². The standard InChI is InChI=1S/C20H19N5.C2H4O2/c1-12-3-4-14(9-13(12)2)19-17-10-16(6-5-15(17)11-23-19)24-18-7-8-22-20(21)25-18;1-2(3)4/h3-10H,11H2,1-2H3,(H3,21,22,24,25);1H3,(H,3,4). The van der Waals surface area contributed by atoms with E-state index in [2.05, 4.69) is 59.5 Å². The molecule has 0 aliphatic carbocycles. The summed E-state index contributed by atoms with van der Waals surface area (Å²) < 4.78 is 0. The lowest BCUT2D eigenvalue weighted by atomic mass is 9.97. The van der Waals surface area contributed by atoms with Crippen molar-refractivity contribution >= 4 is 29.1 Å². The third-order valence-electron chi connectivity index (χ3n) is 4.50. The number of nitrogens with two attached hydrogens (primary N) is 1. The second-order valence-electron chi connectivity index (χ2n) is 6.78. The number of hydrogen-bond acceptors (Lipinski definition) is 6. The monoisotopic (exact) mass is 389 g/mol. The van der Waals surface area contributed by atoms with Crippen LogP contribution in [0, 0.1) is 13.8 Å². The summed E-state index contributed by atoms with van der Waals surface area (Å²) in [7, 11) is 0. The number of nitrogens with zero attached hydrogens (tertiary/aromatic N) is 3. The van der Waals surface area contributed by atoms with E-state index in [9.17, 15) is 0 Å². The average molecular weight is 389 g/mol. The minimum absolute atomic E-state index is 0.253. The van der Waals surface area contributed by atoms with Crippen molar-refractivity contribution in [3.63, 3.8) is 0 Å². The fourth-order valence-corrected chi connectivity index (χ4v) is 2.99. The fraction of sp³-hybridized carbons (Fsp3) is 0.182. The Labute approximate surface area is 169 Å². The van der Waals surface area contributed by atoms with Gasteiger partial charge >= 0.3 is 0 Å². The lowest BCUT2D eigenvalue weighted by Gasteiger charge is -2.10. The quantitative estimate of drug-likeness (QED) is 0.627. The summed E-state index contributed by atoms with van der Waals surface area (Å²) in [6, 6.07) is 14.6. The van der Waals surface area contributed by atoms with Crippen molar-refractivity contribution in [2.24, 2.45) is 4.99 Å². The van der Waals surface area contributed by atoms with Crippen LogP contribution in [0.25, 0.3) is 0 Å². The molecular weight excluding hydrogens is 366 g/mol. The maximum atomic E-state index is 9.00. The summed E-state index contributed by atoms with van der Waals surface area (Å²) in [6.45, 7) is 6.06. The van der Waals surface area contributed by atoms with Gasteiger partial charge in [0.25, 0.3) is 5.97 Å². The van der Waals surface area contributed by atoms with E-state index in [1.165, 1.54) is 16.7 Å². The number of aliphatic carboxylic acids is 1. The third-order valence-corrected chi connectivity index (χ3v) is 4.50. The molecule has 2 heterocycles. The molecule has 7 heteroatoms. The first-order chi connectivity index (χ1) is 13.8. The molecule has 2 aromatic carbocycles. The molecule has 0 unspecified atom stereocenters. The molecule has 0 atom stereocenters. The normalized spacial score (nSPS) is 11.8. The number of hydrogen-bond donors (Lipinski definition) is 3. The minimum Gasteiger partial charge on any atom is -0.481 e. The van der Waals surface area contributed by atoms with Crippen LogP contribution in [0.4, 0.5) is 17.5 Å². The molecule has 0 saturated heterocycles. The van der Waals surface area contributed by atoms with Crippen LogP contribution >= 0.6 is 0 Å². The maximum absolute atomic E-state index is 9.00. The number of fused-ring (bicyclic) bond motifs is 1. The predicted octanol–water partition coefficient (Wildman–Crippen LogP) is 3.86. The second-order valence-corrected chi connectivity index (χ2v) is 6.78. The first-order valence-corrected chi connectivity index (χ1v) is 9.14. The SMILES string of the molecule is CC(=O)O.Cc1ccc(C2=NCc3ccc(Nc4ccnc(N)n4)cc32)cc1C. The van der Waals surface area contributed by atoms with E-state index >= 15 is 0 Å². The zero-order valence-electron chi connectivity index (χ0n) is 16.6. The summed E-state index contributed by atoms with van der Waals surface area (Å²) in [5.41, 5.74) is 13.8. The molecule has 148 valence electrons. The number of anilines is 3. The molecule has 1 aliphatic rings. The van der Waals surface area contributed by atoms with Crippen molar-refractivity contribution < 1.29 is 9.90 Å². The lowest BCUT2D eigenvalue weighted by molar-refractivity contribution is -0.134. The smallest absolute Gasteiger partial charge is 0.300 e. The Kier molecular flexibility index (Phi) is 5.87. The molecule has 0 bridgehead atoms. The van der Waals surface area contributed by atoms with Gasteiger partial charge in [-0.05, 0) is 54.8 Å². The van der Waals surface area contributed by atoms with Gasteiger partial charge in [0.15, 0.2) is 0 Å². The Bertz CT molecular complexity index is 1090. The maximum Gasteiger partial charge on any atom is 0.300 e. The van der Waals surface area contributed by atoms with Gasteiger partial charge in [-0.3, -0.25) is 9.79 Å². The number of carbonyl (C=O) groups is 1. The number of rotatable bonds is 3. The first-order valence-electron chi connectivity index (χ1n) is 9.14. The molecule has 4 N–H and O–H groups in total. The molecule has 3 aromatic rings. The Balaban J connectivity index is 0.000000552.